The van der Waals surface area contributed by atoms with E-state index in [0.29, 0.717) is 29.0 Å². The third-order valence-electron chi connectivity index (χ3n) is 6.59. The molecule has 2 aromatic carbocycles. The number of fused-ring (bicyclic) bond motifs is 4. The van der Waals surface area contributed by atoms with Crippen LogP contribution in [0.4, 0.5) is 0 Å². The average Bonchev–Trinajstić information content (AvgIpc) is 3.54. The van der Waals surface area contributed by atoms with Gasteiger partial charge in [0.25, 0.3) is 0 Å². The molecule has 1 aliphatic rings. The van der Waals surface area contributed by atoms with Gasteiger partial charge in [0, 0.05) is 12.4 Å². The van der Waals surface area contributed by atoms with Gasteiger partial charge in [-0.05, 0) is 42.8 Å². The van der Waals surface area contributed by atoms with Crippen LogP contribution < -0.4 is 9.47 Å². The smallest absolute Gasteiger partial charge is 0.230 e. The van der Waals surface area contributed by atoms with Gasteiger partial charge in [-0.1, -0.05) is 36.4 Å². The Balaban J connectivity index is 1.49. The molecule has 0 aliphatic carbocycles. The lowest BCUT2D eigenvalue weighted by Gasteiger charge is -2.26. The third kappa shape index (κ3) is 3.28. The van der Waals surface area contributed by atoms with E-state index in [4.69, 9.17) is 24.7 Å². The molecule has 0 unspecified atom stereocenters. The molecule has 4 aromatic heterocycles. The minimum absolute atomic E-state index is 0.254. The number of ether oxygens (including phenoxy) is 2. The summed E-state index contributed by atoms with van der Waals surface area (Å²) in [6, 6.07) is 21.6. The van der Waals surface area contributed by atoms with Crippen LogP contribution in [0.5, 0.6) is 17.5 Å². The van der Waals surface area contributed by atoms with Crippen LogP contribution in [0.15, 0.2) is 85.5 Å². The Kier molecular flexibility index (Phi) is 4.75. The van der Waals surface area contributed by atoms with E-state index in [1.165, 1.54) is 0 Å². The monoisotopic (exact) mass is 487 g/mol. The summed E-state index contributed by atoms with van der Waals surface area (Å²) < 4.78 is 15.5. The first-order valence-electron chi connectivity index (χ1n) is 11.8. The van der Waals surface area contributed by atoms with Crippen molar-refractivity contribution in [2.45, 2.75) is 12.8 Å². The Hall–Kier alpha value is -5.05. The lowest BCUT2D eigenvalue weighted by molar-refractivity contribution is 0.402. The van der Waals surface area contributed by atoms with Gasteiger partial charge in [0.15, 0.2) is 11.5 Å². The molecule has 7 rings (SSSR count). The molecular weight excluding hydrogens is 466 g/mol. The largest absolute Gasteiger partial charge is 0.496 e. The highest BCUT2D eigenvalue weighted by Gasteiger charge is 2.38. The predicted molar refractivity (Wildman–Crippen MR) is 136 cm³/mol. The predicted octanol–water partition coefficient (Wildman–Crippen LogP) is 4.97. The minimum atomic E-state index is -0.254. The number of hydrogen-bond acceptors (Lipinski definition) is 7. The minimum Gasteiger partial charge on any atom is -0.496 e. The molecule has 0 saturated carbocycles. The van der Waals surface area contributed by atoms with Gasteiger partial charge in [0.2, 0.25) is 11.8 Å². The van der Waals surface area contributed by atoms with Gasteiger partial charge in [-0.25, -0.2) is 19.2 Å². The fraction of sp³-hybridized carbons (Fsp3) is 0.107. The van der Waals surface area contributed by atoms with Crippen LogP contribution >= 0.6 is 0 Å². The van der Waals surface area contributed by atoms with Crippen LogP contribution in [0.3, 0.4) is 0 Å². The van der Waals surface area contributed by atoms with Crippen molar-refractivity contribution in [3.05, 3.63) is 108 Å². The summed E-state index contributed by atoms with van der Waals surface area (Å²) in [5, 5.41) is 9.59. The van der Waals surface area contributed by atoms with Crippen molar-refractivity contribution in [2.75, 3.05) is 7.11 Å². The van der Waals surface area contributed by atoms with Crippen LogP contribution in [0.1, 0.15) is 28.3 Å². The second kappa shape index (κ2) is 8.27. The van der Waals surface area contributed by atoms with Crippen LogP contribution in [-0.4, -0.2) is 41.5 Å². The molecule has 5 heterocycles. The molecule has 0 amide bonds. The molecule has 9 nitrogen and oxygen atoms in total. The van der Waals surface area contributed by atoms with E-state index in [0.717, 1.165) is 33.6 Å². The average molecular weight is 488 g/mol. The summed E-state index contributed by atoms with van der Waals surface area (Å²) in [7, 11) is 1.64. The van der Waals surface area contributed by atoms with Gasteiger partial charge in [-0.2, -0.15) is 5.10 Å². The van der Waals surface area contributed by atoms with Gasteiger partial charge in [-0.15, -0.1) is 5.10 Å². The Morgan fingerprint density at radius 2 is 1.76 bits per heavy atom. The second-order valence-electron chi connectivity index (χ2n) is 8.74. The summed E-state index contributed by atoms with van der Waals surface area (Å²) in [5.74, 6) is 2.08. The summed E-state index contributed by atoms with van der Waals surface area (Å²) in [5.41, 5.74) is 5.95. The lowest BCUT2D eigenvalue weighted by atomic mass is 9.85. The maximum Gasteiger partial charge on any atom is 0.230 e. The van der Waals surface area contributed by atoms with Crippen LogP contribution in [0.2, 0.25) is 0 Å². The summed E-state index contributed by atoms with van der Waals surface area (Å²) >= 11 is 0. The number of hydrogen-bond donors (Lipinski definition) is 0. The van der Waals surface area contributed by atoms with Crippen LogP contribution in [0.25, 0.3) is 22.7 Å². The Labute approximate surface area is 212 Å². The number of para-hydroxylation sites is 2. The van der Waals surface area contributed by atoms with Crippen molar-refractivity contribution in [1.82, 2.24) is 34.3 Å². The molecule has 6 aromatic rings. The van der Waals surface area contributed by atoms with E-state index in [1.807, 2.05) is 78.5 Å². The Morgan fingerprint density at radius 1 is 0.919 bits per heavy atom. The normalized spacial score (nSPS) is 14.2. The van der Waals surface area contributed by atoms with Crippen molar-refractivity contribution in [3.8, 4) is 34.6 Å². The summed E-state index contributed by atoms with van der Waals surface area (Å²) in [6.45, 7) is 1.99. The Morgan fingerprint density at radius 3 is 2.57 bits per heavy atom. The van der Waals surface area contributed by atoms with Crippen molar-refractivity contribution >= 4 is 5.65 Å². The first kappa shape index (κ1) is 21.3. The van der Waals surface area contributed by atoms with E-state index in [9.17, 15) is 0 Å². The van der Waals surface area contributed by atoms with E-state index in [2.05, 4.69) is 16.0 Å². The van der Waals surface area contributed by atoms with Crippen molar-refractivity contribution < 1.29 is 9.47 Å². The molecule has 1 aliphatic heterocycles. The van der Waals surface area contributed by atoms with E-state index in [1.54, 1.807) is 24.1 Å². The number of rotatable bonds is 4. The number of aryl methyl sites for hydroxylation is 1. The van der Waals surface area contributed by atoms with E-state index >= 15 is 0 Å². The number of benzene rings is 2. The highest BCUT2D eigenvalue weighted by molar-refractivity contribution is 5.70. The van der Waals surface area contributed by atoms with Gasteiger partial charge in [-0.3, -0.25) is 4.98 Å². The molecule has 0 fully saturated rings. The first-order valence-corrected chi connectivity index (χ1v) is 11.8. The van der Waals surface area contributed by atoms with E-state index < -0.39 is 0 Å². The standard InChI is InChI=1S/C28H21N7O2/c1-17-22-23(18-9-8-14-29-15-18)24-26-31-25(20-12-6-7-13-21(20)36-2)33-34(26)16-30-27(24)37-28(22)35(32-17)19-10-4-3-5-11-19/h3-16,23H,1-2H3/t23-/m0/s1. The molecule has 0 N–H and O–H groups in total. The topological polar surface area (TPSA) is 92.3 Å². The van der Waals surface area contributed by atoms with Crippen molar-refractivity contribution in [3.63, 3.8) is 0 Å². The fourth-order valence-electron chi connectivity index (χ4n) is 4.95. The van der Waals surface area contributed by atoms with Crippen molar-refractivity contribution in [1.29, 1.82) is 0 Å². The fourth-order valence-corrected chi connectivity index (χ4v) is 4.95. The zero-order valence-electron chi connectivity index (χ0n) is 20.1. The lowest BCUT2D eigenvalue weighted by Crippen LogP contribution is -2.16. The highest BCUT2D eigenvalue weighted by atomic mass is 16.5. The molecule has 1 atom stereocenters. The number of methoxy groups -OCH3 is 1. The maximum absolute atomic E-state index is 6.47. The summed E-state index contributed by atoms with van der Waals surface area (Å²) in [4.78, 5) is 14.0. The van der Waals surface area contributed by atoms with E-state index in [-0.39, 0.29) is 5.92 Å². The second-order valence-corrected chi connectivity index (χ2v) is 8.74. The SMILES string of the molecule is COc1ccccc1-c1nc2c3c(ncn2n1)Oc1c(c(C)nn1-c1ccccc1)[C@@H]3c1cccnc1. The molecule has 9 heteroatoms. The molecule has 0 saturated heterocycles. The van der Waals surface area contributed by atoms with Crippen LogP contribution in [-0.2, 0) is 0 Å². The zero-order chi connectivity index (χ0) is 24.9. The van der Waals surface area contributed by atoms with Gasteiger partial charge in [0.05, 0.1) is 41.1 Å². The number of nitrogens with zero attached hydrogens (tertiary/aromatic N) is 7. The first-order chi connectivity index (χ1) is 18.2. The number of aromatic nitrogens is 7. The molecule has 37 heavy (non-hydrogen) atoms. The quantitative estimate of drug-likeness (QED) is 0.346. The maximum atomic E-state index is 6.47. The number of pyridine rings is 1. The highest BCUT2D eigenvalue weighted by Crippen LogP contribution is 2.49. The third-order valence-corrected chi connectivity index (χ3v) is 6.59. The molecule has 180 valence electrons. The zero-order valence-corrected chi connectivity index (χ0v) is 20.1. The van der Waals surface area contributed by atoms with Gasteiger partial charge in [0.1, 0.15) is 12.1 Å². The molecule has 0 radical (unpaired) electrons. The van der Waals surface area contributed by atoms with Crippen LogP contribution in [0, 0.1) is 6.92 Å². The molecule has 0 spiro atoms. The molecular formula is C28H21N7O2. The molecule has 0 bridgehead atoms. The van der Waals surface area contributed by atoms with Gasteiger partial charge >= 0.3 is 0 Å². The summed E-state index contributed by atoms with van der Waals surface area (Å²) in [6.07, 6.45) is 5.26. The van der Waals surface area contributed by atoms with Gasteiger partial charge < -0.3 is 9.47 Å². The van der Waals surface area contributed by atoms with Crippen molar-refractivity contribution in [2.24, 2.45) is 0 Å². The Bertz CT molecular complexity index is 1760.